The number of hydrogen-bond donors (Lipinski definition) is 1. The molecule has 2 rings (SSSR count). The molecule has 0 amide bonds. The lowest BCUT2D eigenvalue weighted by Crippen LogP contribution is -2.25. The van der Waals surface area contributed by atoms with Crippen LogP contribution in [-0.2, 0) is 0 Å². The first-order valence-corrected chi connectivity index (χ1v) is 8.22. The first-order valence-electron chi connectivity index (χ1n) is 8.22. The van der Waals surface area contributed by atoms with Gasteiger partial charge in [-0.3, -0.25) is 0 Å². The van der Waals surface area contributed by atoms with Crippen molar-refractivity contribution in [3.8, 4) is 0 Å². The fraction of sp³-hybridized carbons (Fsp3) is 0.684. The van der Waals surface area contributed by atoms with Crippen molar-refractivity contribution in [3.05, 3.63) is 35.4 Å². The minimum absolute atomic E-state index is 0.467. The zero-order valence-electron chi connectivity index (χ0n) is 13.7. The number of rotatable bonds is 3. The molecule has 1 aliphatic carbocycles. The lowest BCUT2D eigenvalue weighted by atomic mass is 9.68. The summed E-state index contributed by atoms with van der Waals surface area (Å²) in [5, 5.41) is 0. The van der Waals surface area contributed by atoms with E-state index in [1.54, 1.807) is 5.56 Å². The second kappa shape index (κ2) is 6.30. The van der Waals surface area contributed by atoms with Crippen molar-refractivity contribution in [2.24, 2.45) is 17.1 Å². The lowest BCUT2D eigenvalue weighted by Gasteiger charge is -2.37. The molecule has 0 bridgehead atoms. The average Bonchev–Trinajstić information content (AvgIpc) is 2.45. The van der Waals surface area contributed by atoms with Crippen molar-refractivity contribution in [1.82, 2.24) is 0 Å². The van der Waals surface area contributed by atoms with Crippen LogP contribution in [0, 0.1) is 11.3 Å². The van der Waals surface area contributed by atoms with Crippen LogP contribution >= 0.6 is 0 Å². The van der Waals surface area contributed by atoms with Gasteiger partial charge in [0.1, 0.15) is 0 Å². The van der Waals surface area contributed by atoms with Crippen molar-refractivity contribution < 1.29 is 0 Å². The summed E-state index contributed by atoms with van der Waals surface area (Å²) in [6.07, 6.45) is 5.44. The Morgan fingerprint density at radius 1 is 1.10 bits per heavy atom. The van der Waals surface area contributed by atoms with E-state index in [1.807, 2.05) is 0 Å². The van der Waals surface area contributed by atoms with E-state index < -0.39 is 0 Å². The molecule has 1 aromatic carbocycles. The Hall–Kier alpha value is -0.820. The first-order chi connectivity index (χ1) is 9.43. The SMILES string of the molecule is CC(CN)c1ccccc1C1CCC(C(C)(C)C)CC1. The molecule has 1 fully saturated rings. The molecular formula is C19H31N. The van der Waals surface area contributed by atoms with E-state index >= 15 is 0 Å². The van der Waals surface area contributed by atoms with Gasteiger partial charge in [-0.1, -0.05) is 52.0 Å². The molecular weight excluding hydrogens is 242 g/mol. The zero-order chi connectivity index (χ0) is 14.8. The summed E-state index contributed by atoms with van der Waals surface area (Å²) in [5.74, 6) is 2.11. The van der Waals surface area contributed by atoms with Crippen LogP contribution in [0.4, 0.5) is 0 Å². The summed E-state index contributed by atoms with van der Waals surface area (Å²) >= 11 is 0. The standard InChI is InChI=1S/C19H31N/c1-14(13-20)17-7-5-6-8-18(17)15-9-11-16(12-10-15)19(2,3)4/h5-8,14-16H,9-13,20H2,1-4H3. The highest BCUT2D eigenvalue weighted by atomic mass is 14.5. The van der Waals surface area contributed by atoms with E-state index in [2.05, 4.69) is 52.0 Å². The molecule has 0 aliphatic heterocycles. The van der Waals surface area contributed by atoms with Crippen LogP contribution in [0.15, 0.2) is 24.3 Å². The number of benzene rings is 1. The van der Waals surface area contributed by atoms with Crippen LogP contribution in [0.5, 0.6) is 0 Å². The largest absolute Gasteiger partial charge is 0.330 e. The molecule has 0 saturated heterocycles. The summed E-state index contributed by atoms with van der Waals surface area (Å²) in [6.45, 7) is 10.2. The highest BCUT2D eigenvalue weighted by Gasteiger charge is 2.31. The van der Waals surface area contributed by atoms with Gasteiger partial charge in [-0.2, -0.15) is 0 Å². The Labute approximate surface area is 125 Å². The Morgan fingerprint density at radius 3 is 2.25 bits per heavy atom. The Kier molecular flexibility index (Phi) is 4.90. The molecule has 0 aromatic heterocycles. The summed E-state index contributed by atoms with van der Waals surface area (Å²) < 4.78 is 0. The van der Waals surface area contributed by atoms with Gasteiger partial charge in [-0.25, -0.2) is 0 Å². The van der Waals surface area contributed by atoms with E-state index in [4.69, 9.17) is 5.73 Å². The van der Waals surface area contributed by atoms with Crippen molar-refractivity contribution >= 4 is 0 Å². The van der Waals surface area contributed by atoms with Gasteiger partial charge < -0.3 is 5.73 Å². The second-order valence-electron chi connectivity index (χ2n) is 7.68. The maximum atomic E-state index is 5.88. The summed E-state index contributed by atoms with van der Waals surface area (Å²) in [6, 6.07) is 8.97. The quantitative estimate of drug-likeness (QED) is 0.817. The van der Waals surface area contributed by atoms with Crippen LogP contribution in [0.1, 0.15) is 76.3 Å². The van der Waals surface area contributed by atoms with Gasteiger partial charge in [0.05, 0.1) is 0 Å². The van der Waals surface area contributed by atoms with Gasteiger partial charge in [-0.15, -0.1) is 0 Å². The fourth-order valence-corrected chi connectivity index (χ4v) is 3.73. The molecule has 1 aliphatic rings. The molecule has 1 aromatic rings. The van der Waals surface area contributed by atoms with Gasteiger partial charge in [0.2, 0.25) is 0 Å². The van der Waals surface area contributed by atoms with E-state index in [-0.39, 0.29) is 0 Å². The third-order valence-corrected chi connectivity index (χ3v) is 5.27. The minimum Gasteiger partial charge on any atom is -0.330 e. The van der Waals surface area contributed by atoms with Gasteiger partial charge >= 0.3 is 0 Å². The monoisotopic (exact) mass is 273 g/mol. The lowest BCUT2D eigenvalue weighted by molar-refractivity contribution is 0.169. The first kappa shape index (κ1) is 15.6. The van der Waals surface area contributed by atoms with E-state index in [0.29, 0.717) is 11.3 Å². The van der Waals surface area contributed by atoms with Crippen LogP contribution in [0.2, 0.25) is 0 Å². The van der Waals surface area contributed by atoms with Crippen LogP contribution in [0.3, 0.4) is 0 Å². The highest BCUT2D eigenvalue weighted by molar-refractivity contribution is 5.33. The van der Waals surface area contributed by atoms with Crippen LogP contribution in [-0.4, -0.2) is 6.54 Å². The molecule has 112 valence electrons. The number of hydrogen-bond acceptors (Lipinski definition) is 1. The van der Waals surface area contributed by atoms with Crippen molar-refractivity contribution in [3.63, 3.8) is 0 Å². The third-order valence-electron chi connectivity index (χ3n) is 5.27. The second-order valence-corrected chi connectivity index (χ2v) is 7.68. The Balaban J connectivity index is 2.11. The topological polar surface area (TPSA) is 26.0 Å². The molecule has 0 heterocycles. The summed E-state index contributed by atoms with van der Waals surface area (Å²) in [7, 11) is 0. The summed E-state index contributed by atoms with van der Waals surface area (Å²) in [4.78, 5) is 0. The normalized spacial score (nSPS) is 25.4. The van der Waals surface area contributed by atoms with Gasteiger partial charge in [0.15, 0.2) is 0 Å². The molecule has 1 heteroatoms. The molecule has 2 N–H and O–H groups in total. The van der Waals surface area contributed by atoms with Gasteiger partial charge in [0.25, 0.3) is 0 Å². The minimum atomic E-state index is 0.467. The predicted molar refractivity (Wildman–Crippen MR) is 88.1 cm³/mol. The van der Waals surface area contributed by atoms with Gasteiger partial charge in [0, 0.05) is 0 Å². The molecule has 1 atom stereocenters. The van der Waals surface area contributed by atoms with E-state index in [1.165, 1.54) is 31.2 Å². The summed E-state index contributed by atoms with van der Waals surface area (Å²) in [5.41, 5.74) is 9.40. The van der Waals surface area contributed by atoms with E-state index in [0.717, 1.165) is 18.4 Å². The predicted octanol–water partition coefficient (Wildman–Crippen LogP) is 5.07. The molecule has 0 spiro atoms. The highest BCUT2D eigenvalue weighted by Crippen LogP contribution is 2.44. The number of nitrogens with two attached hydrogens (primary N) is 1. The smallest absolute Gasteiger partial charge is 0.00108 e. The van der Waals surface area contributed by atoms with Crippen LogP contribution in [0.25, 0.3) is 0 Å². The van der Waals surface area contributed by atoms with Crippen molar-refractivity contribution in [1.29, 1.82) is 0 Å². The molecule has 0 radical (unpaired) electrons. The molecule has 1 nitrogen and oxygen atoms in total. The average molecular weight is 273 g/mol. The Bertz CT molecular complexity index is 422. The molecule has 20 heavy (non-hydrogen) atoms. The van der Waals surface area contributed by atoms with Crippen LogP contribution < -0.4 is 5.73 Å². The maximum absolute atomic E-state index is 5.88. The molecule has 1 saturated carbocycles. The van der Waals surface area contributed by atoms with Crippen molar-refractivity contribution in [2.45, 2.75) is 65.2 Å². The Morgan fingerprint density at radius 2 is 1.70 bits per heavy atom. The van der Waals surface area contributed by atoms with Crippen molar-refractivity contribution in [2.75, 3.05) is 6.54 Å². The molecule has 1 unspecified atom stereocenters. The van der Waals surface area contributed by atoms with Gasteiger partial charge in [-0.05, 0) is 66.5 Å². The third kappa shape index (κ3) is 3.44. The maximum Gasteiger partial charge on any atom is -0.00108 e. The zero-order valence-corrected chi connectivity index (χ0v) is 13.7. The fourth-order valence-electron chi connectivity index (χ4n) is 3.73. The van der Waals surface area contributed by atoms with E-state index in [9.17, 15) is 0 Å².